The molecule has 2 aromatic carbocycles. The zero-order chi connectivity index (χ0) is 58.6. The Morgan fingerprint density at radius 3 is 1.82 bits per heavy atom. The van der Waals surface area contributed by atoms with Gasteiger partial charge in [-0.25, -0.2) is 0 Å². The fourth-order valence-electron chi connectivity index (χ4n) is 12.1. The lowest BCUT2D eigenvalue weighted by Gasteiger charge is -2.46. The highest BCUT2D eigenvalue weighted by atomic mass is 16.7. The van der Waals surface area contributed by atoms with Crippen LogP contribution in [0.4, 0.5) is 0 Å². The average molecular weight is 1140 g/mol. The quantitative estimate of drug-likeness (QED) is 0.105. The predicted molar refractivity (Wildman–Crippen MR) is 276 cm³/mol. The Balaban J connectivity index is 1.05. The summed E-state index contributed by atoms with van der Waals surface area (Å²) in [7, 11) is 2.66. The van der Waals surface area contributed by atoms with E-state index in [-0.39, 0.29) is 83.8 Å². The maximum absolute atomic E-state index is 15.1. The van der Waals surface area contributed by atoms with E-state index in [4.69, 9.17) is 61.6 Å². The van der Waals surface area contributed by atoms with Gasteiger partial charge in [-0.15, -0.1) is 0 Å². The van der Waals surface area contributed by atoms with Crippen molar-refractivity contribution in [2.75, 3.05) is 14.2 Å². The van der Waals surface area contributed by atoms with E-state index in [1.807, 2.05) is 13.8 Å². The molecule has 0 aromatic heterocycles. The van der Waals surface area contributed by atoms with Crippen LogP contribution in [0.2, 0.25) is 0 Å². The van der Waals surface area contributed by atoms with Crippen LogP contribution in [0.25, 0.3) is 10.8 Å². The van der Waals surface area contributed by atoms with Crippen molar-refractivity contribution in [3.63, 3.8) is 0 Å². The molecular formula is C56H82O24. The van der Waals surface area contributed by atoms with Crippen LogP contribution in [0.5, 0.6) is 17.2 Å². The molecule has 20 unspecified atom stereocenters. The standard InChI is InChI=1S/C56H82O24/c1-21-34(76-40-19-37(53(28(8)74-40)75-29(9)58)79-38-16-33(59)52(68-11)27(7)73-38)15-31-13-30-14-32(54(69-12)51(66)46(61)23(3)57)55(50(65)44(30)49(64)43(31)45(21)60)80-41-18-35(47(62)26(6)72-41)77-39-17-36(48(63)25(5)71-39)78-42-20-56(10,67)22(2)24(4)70-42/h13,15,22-28,32-33,35-42,46-48,52-55,57,59-64,67H,14,16-20H2,1-12H3/t22?,23-,24?,25?,26?,27?,28?,32-,33?,35?,36?,37?,38?,39?,40?,41?,42?,46+,47?,48?,52?,53?,54+,55+,56?/m1/s1. The summed E-state index contributed by atoms with van der Waals surface area (Å²) in [5.41, 5.74) is -1.00. The van der Waals surface area contributed by atoms with Gasteiger partial charge >= 0.3 is 5.97 Å². The van der Waals surface area contributed by atoms with Crippen molar-refractivity contribution in [3.05, 3.63) is 28.8 Å². The van der Waals surface area contributed by atoms with Gasteiger partial charge in [-0.1, -0.05) is 6.92 Å². The van der Waals surface area contributed by atoms with E-state index in [9.17, 15) is 50.4 Å². The van der Waals surface area contributed by atoms with Gasteiger partial charge in [0, 0.05) is 70.6 Å². The Bertz CT molecular complexity index is 2490. The largest absolute Gasteiger partial charge is 0.507 e. The smallest absolute Gasteiger partial charge is 0.303 e. The molecule has 0 radical (unpaired) electrons. The molecule has 5 heterocycles. The number of carbonyl (C=O) groups is 3. The molecule has 8 rings (SSSR count). The third-order valence-corrected chi connectivity index (χ3v) is 17.0. The molecular weight excluding hydrogens is 1060 g/mol. The van der Waals surface area contributed by atoms with Gasteiger partial charge in [0.15, 0.2) is 42.8 Å². The van der Waals surface area contributed by atoms with Crippen LogP contribution in [0, 0.1) is 18.8 Å². The minimum absolute atomic E-state index is 0.00270. The van der Waals surface area contributed by atoms with E-state index in [0.29, 0.717) is 0 Å². The van der Waals surface area contributed by atoms with Gasteiger partial charge in [-0.05, 0) is 84.9 Å². The fraction of sp³-hybridized carbons (Fsp3) is 0.768. The van der Waals surface area contributed by atoms with E-state index in [2.05, 4.69) is 0 Å². The summed E-state index contributed by atoms with van der Waals surface area (Å²) < 4.78 is 79.1. The minimum Gasteiger partial charge on any atom is -0.507 e. The van der Waals surface area contributed by atoms with Gasteiger partial charge < -0.3 is 102 Å². The summed E-state index contributed by atoms with van der Waals surface area (Å²) in [6.45, 7) is 16.0. The molecule has 450 valence electrons. The van der Waals surface area contributed by atoms with Crippen LogP contribution < -0.4 is 4.74 Å². The van der Waals surface area contributed by atoms with Gasteiger partial charge in [-0.3, -0.25) is 14.4 Å². The second-order valence-corrected chi connectivity index (χ2v) is 22.8. The summed E-state index contributed by atoms with van der Waals surface area (Å²) in [4.78, 5) is 41.3. The molecule has 8 N–H and O–H groups in total. The zero-order valence-electron chi connectivity index (χ0n) is 47.4. The highest BCUT2D eigenvalue weighted by Crippen LogP contribution is 2.48. The first-order valence-corrected chi connectivity index (χ1v) is 27.6. The SMILES string of the molecule is COC1C(O)CC(OC2CC(Oc3cc4cc5c(c(O)c4c(O)c3C)C(=O)[C@@H](OC3CC(OC4CC(OC6CC(C)(O)C(C)C(C)O6)C(O)C(C)O4)C(O)C(C)O3)[C@@H]([C@H](OC)C(=O)[C@@H](O)[C@@H](C)O)C5)OC(C)C2OC(C)=O)OC1C. The molecule has 6 aliphatic rings. The van der Waals surface area contributed by atoms with Crippen LogP contribution >= 0.6 is 0 Å². The highest BCUT2D eigenvalue weighted by molar-refractivity contribution is 6.11. The summed E-state index contributed by atoms with van der Waals surface area (Å²) in [5, 5.41) is 89.8. The number of aliphatic hydroxyl groups excluding tert-OH is 5. The molecule has 0 saturated carbocycles. The number of rotatable bonds is 17. The molecule has 5 fully saturated rings. The Morgan fingerprint density at radius 1 is 0.713 bits per heavy atom. The number of Topliss-reactive ketones (excluding diaryl/α,β-unsaturated/α-hetero) is 2. The maximum atomic E-state index is 15.1. The fourth-order valence-corrected chi connectivity index (χ4v) is 12.1. The van der Waals surface area contributed by atoms with Gasteiger partial charge in [0.05, 0.1) is 71.5 Å². The summed E-state index contributed by atoms with van der Waals surface area (Å²) in [6.07, 6.45) is -23.1. The molecule has 2 aromatic rings. The number of esters is 1. The third kappa shape index (κ3) is 13.0. The van der Waals surface area contributed by atoms with Crippen molar-refractivity contribution in [2.45, 2.75) is 249 Å². The first kappa shape index (κ1) is 62.3. The molecule has 24 heteroatoms. The van der Waals surface area contributed by atoms with Gasteiger partial charge in [0.2, 0.25) is 6.29 Å². The lowest BCUT2D eigenvalue weighted by atomic mass is 9.75. The highest BCUT2D eigenvalue weighted by Gasteiger charge is 2.52. The minimum atomic E-state index is -1.94. The van der Waals surface area contributed by atoms with E-state index in [1.165, 1.54) is 47.1 Å². The van der Waals surface area contributed by atoms with Crippen LogP contribution in [0.1, 0.15) is 116 Å². The molecule has 0 bridgehead atoms. The number of hydrogen-bond acceptors (Lipinski definition) is 24. The first-order chi connectivity index (χ1) is 37.6. The number of carbonyl (C=O) groups excluding carboxylic acids is 3. The molecule has 1 aliphatic carbocycles. The molecule has 80 heavy (non-hydrogen) atoms. The lowest BCUT2D eigenvalue weighted by Crippen LogP contribution is -2.57. The Hall–Kier alpha value is -3.77. The van der Waals surface area contributed by atoms with Crippen molar-refractivity contribution in [1.82, 2.24) is 0 Å². The van der Waals surface area contributed by atoms with Crippen LogP contribution in [-0.4, -0.2) is 213 Å². The Kier molecular flexibility index (Phi) is 19.6. The maximum Gasteiger partial charge on any atom is 0.303 e. The second kappa shape index (κ2) is 25.2. The summed E-state index contributed by atoms with van der Waals surface area (Å²) >= 11 is 0. The van der Waals surface area contributed by atoms with Gasteiger partial charge in [0.1, 0.15) is 60.0 Å². The lowest BCUT2D eigenvalue weighted by molar-refractivity contribution is -0.331. The van der Waals surface area contributed by atoms with E-state index >= 15 is 4.79 Å². The monoisotopic (exact) mass is 1140 g/mol. The van der Waals surface area contributed by atoms with Crippen LogP contribution in [0.15, 0.2) is 12.1 Å². The number of methoxy groups -OCH3 is 2. The molecule has 25 atom stereocenters. The first-order valence-electron chi connectivity index (χ1n) is 27.6. The molecule has 5 saturated heterocycles. The molecule has 5 aliphatic heterocycles. The molecule has 0 amide bonds. The topological polar surface area (TPSA) is 333 Å². The number of hydrogen-bond donors (Lipinski definition) is 8. The number of aliphatic hydroxyl groups is 6. The number of ketones is 2. The Labute approximate surface area is 464 Å². The van der Waals surface area contributed by atoms with Crippen molar-refractivity contribution in [1.29, 1.82) is 0 Å². The van der Waals surface area contributed by atoms with Crippen molar-refractivity contribution in [3.8, 4) is 17.2 Å². The van der Waals surface area contributed by atoms with Crippen LogP contribution in [0.3, 0.4) is 0 Å². The number of aromatic hydroxyl groups is 2. The van der Waals surface area contributed by atoms with E-state index in [0.717, 1.165) is 0 Å². The van der Waals surface area contributed by atoms with E-state index in [1.54, 1.807) is 34.6 Å². The summed E-state index contributed by atoms with van der Waals surface area (Å²) in [5.74, 6) is -4.78. The van der Waals surface area contributed by atoms with Gasteiger partial charge in [0.25, 0.3) is 0 Å². The average Bonchev–Trinajstić information content (AvgIpc) is 3.50. The predicted octanol–water partition coefficient (Wildman–Crippen LogP) is 2.25. The third-order valence-electron chi connectivity index (χ3n) is 17.0. The van der Waals surface area contributed by atoms with Crippen LogP contribution in [-0.2, 0) is 72.9 Å². The number of ether oxygens (including phenoxy) is 13. The van der Waals surface area contributed by atoms with E-state index < -0.39 is 170 Å². The number of phenols is 2. The number of benzene rings is 2. The molecule has 24 nitrogen and oxygen atoms in total. The van der Waals surface area contributed by atoms with Crippen molar-refractivity contribution in [2.24, 2.45) is 11.8 Å². The molecule has 0 spiro atoms. The number of fused-ring (bicyclic) bond motifs is 2. The van der Waals surface area contributed by atoms with Gasteiger partial charge in [-0.2, -0.15) is 0 Å². The van der Waals surface area contributed by atoms with Crippen molar-refractivity contribution >= 4 is 28.3 Å². The normalized spacial score (nSPS) is 40.9. The summed E-state index contributed by atoms with van der Waals surface area (Å²) in [6, 6.07) is 3.07. The number of phenolic OH excluding ortho intramolecular Hbond substituents is 2. The van der Waals surface area contributed by atoms with Crippen molar-refractivity contribution < 1.29 is 117 Å². The Morgan fingerprint density at radius 2 is 1.25 bits per heavy atom. The zero-order valence-corrected chi connectivity index (χ0v) is 47.4. The second-order valence-electron chi connectivity index (χ2n) is 22.8.